The van der Waals surface area contributed by atoms with Gasteiger partial charge in [-0.3, -0.25) is 52.7 Å². The molecule has 0 bridgehead atoms. The fourth-order valence-corrected chi connectivity index (χ4v) is 8.80. The minimum atomic E-state index is -1.77. The number of aromatic amines is 1. The molecule has 15 N–H and O–H groups in total. The molecule has 6 rings (SSSR count). The van der Waals surface area contributed by atoms with E-state index in [1.54, 1.807) is 60.8 Å². The average molecular weight is 1040 g/mol. The van der Waals surface area contributed by atoms with Crippen LogP contribution in [-0.4, -0.2) is 152 Å². The Hall–Kier alpha value is -8.87. The molecular formula is C50H59N11O14. The summed E-state index contributed by atoms with van der Waals surface area (Å²) in [5.74, 6) is -10.8. The highest BCUT2D eigenvalue weighted by Crippen LogP contribution is 2.22. The van der Waals surface area contributed by atoms with Gasteiger partial charge < -0.3 is 73.9 Å². The van der Waals surface area contributed by atoms with Crippen molar-refractivity contribution in [2.75, 3.05) is 13.2 Å². The van der Waals surface area contributed by atoms with Crippen molar-refractivity contribution < 1.29 is 68.1 Å². The average Bonchev–Trinajstić information content (AvgIpc) is 4.15. The Balaban J connectivity index is 1.16. The summed E-state index contributed by atoms with van der Waals surface area (Å²) in [6.07, 6.45) is -0.112. The third kappa shape index (κ3) is 15.3. The van der Waals surface area contributed by atoms with Gasteiger partial charge in [0.15, 0.2) is 0 Å². The number of aliphatic hydroxyl groups is 1. The number of aliphatic carboxylic acids is 1. The lowest BCUT2D eigenvalue weighted by Gasteiger charge is -2.30. The number of aromatic nitrogens is 1. The van der Waals surface area contributed by atoms with Gasteiger partial charge in [-0.2, -0.15) is 0 Å². The monoisotopic (exact) mass is 1040 g/mol. The Morgan fingerprint density at radius 2 is 1.20 bits per heavy atom. The lowest BCUT2D eigenvalue weighted by molar-refractivity contribution is -0.144. The van der Waals surface area contributed by atoms with Crippen LogP contribution in [0.2, 0.25) is 0 Å². The molecule has 10 amide bonds. The second kappa shape index (κ2) is 25.7. The van der Waals surface area contributed by atoms with Gasteiger partial charge in [-0.1, -0.05) is 60.7 Å². The minimum absolute atomic E-state index is 0.00902. The zero-order valence-corrected chi connectivity index (χ0v) is 40.4. The molecule has 3 aromatic carbocycles. The van der Waals surface area contributed by atoms with Crippen molar-refractivity contribution in [3.63, 3.8) is 0 Å². The number of H-pyrrole nitrogens is 1. The molecule has 0 spiro atoms. The lowest BCUT2D eigenvalue weighted by Crippen LogP contribution is -2.61. The molecule has 8 atom stereocenters. The van der Waals surface area contributed by atoms with Gasteiger partial charge in [0.05, 0.1) is 19.4 Å². The summed E-state index contributed by atoms with van der Waals surface area (Å²) in [5.41, 5.74) is 13.5. The first kappa shape index (κ1) is 55.4. The molecule has 0 unspecified atom stereocenters. The predicted octanol–water partition coefficient (Wildman–Crippen LogP) is -3.09. The first-order valence-corrected chi connectivity index (χ1v) is 24.0. The van der Waals surface area contributed by atoms with Crippen LogP contribution in [0.5, 0.6) is 5.75 Å². The number of aromatic hydroxyl groups is 1. The molecule has 0 saturated carbocycles. The molecule has 0 aliphatic carbocycles. The maximum absolute atomic E-state index is 14.2. The molecule has 2 aliphatic rings. The van der Waals surface area contributed by atoms with Crippen LogP contribution in [0.15, 0.2) is 85.1 Å². The van der Waals surface area contributed by atoms with Crippen molar-refractivity contribution in [2.45, 2.75) is 106 Å². The van der Waals surface area contributed by atoms with Crippen LogP contribution in [0.3, 0.4) is 0 Å². The van der Waals surface area contributed by atoms with Crippen LogP contribution >= 0.6 is 0 Å². The van der Waals surface area contributed by atoms with E-state index in [0.717, 1.165) is 15.8 Å². The van der Waals surface area contributed by atoms with E-state index in [2.05, 4.69) is 42.2 Å². The van der Waals surface area contributed by atoms with Crippen molar-refractivity contribution in [1.29, 1.82) is 0 Å². The highest BCUT2D eigenvalue weighted by molar-refractivity contribution is 6.00. The zero-order valence-electron chi connectivity index (χ0n) is 40.4. The van der Waals surface area contributed by atoms with Gasteiger partial charge in [-0.15, -0.1) is 0 Å². The molecule has 1 aromatic heterocycles. The standard InChI is InChI=1S/C50H59N11O14/c51-40(64)22-36(58-45(70)34(19-26-7-2-1-3-8-26)56-44(69)32-16-17-41(65)54-32)47(72)57-35(20-27-12-14-29(63)15-13-27)46(71)60-38(25-62)50(75)61-18-6-11-39(61)49(74)59-37(23-42(66)67)48(73)55-33(43(52)68)21-28-24-53-31-10-5-4-9-30(28)31/h1-5,7-10,12-15,24,32-39,53,62-63H,6,11,16-23,25H2,(H2,51,64)(H2,52,68)(H,54,65)(H,55,73)(H,56,69)(H,57,72)(H,58,70)(H,59,74)(H,60,71)(H,66,67)/t32-,33-,34-,35-,36-,37-,38-,39-/m0/s1. The van der Waals surface area contributed by atoms with Crippen molar-refractivity contribution in [3.05, 3.63) is 102 Å². The van der Waals surface area contributed by atoms with E-state index in [0.29, 0.717) is 16.7 Å². The van der Waals surface area contributed by atoms with Gasteiger partial charge in [-0.05, 0) is 54.2 Å². The van der Waals surface area contributed by atoms with E-state index in [9.17, 15) is 68.1 Å². The maximum atomic E-state index is 14.2. The zero-order chi connectivity index (χ0) is 54.3. The van der Waals surface area contributed by atoms with Crippen LogP contribution in [-0.2, 0) is 72.0 Å². The first-order valence-electron chi connectivity index (χ1n) is 24.0. The number of aliphatic hydroxyl groups excluding tert-OH is 1. The van der Waals surface area contributed by atoms with Crippen molar-refractivity contribution in [1.82, 2.24) is 47.1 Å². The summed E-state index contributed by atoms with van der Waals surface area (Å²) >= 11 is 0. The Labute approximate surface area is 428 Å². The number of phenols is 1. The molecule has 25 nitrogen and oxygen atoms in total. The Bertz CT molecular complexity index is 2790. The van der Waals surface area contributed by atoms with E-state index >= 15 is 0 Å². The highest BCUT2D eigenvalue weighted by atomic mass is 16.4. The van der Waals surface area contributed by atoms with Gasteiger partial charge in [0, 0.05) is 49.3 Å². The van der Waals surface area contributed by atoms with Gasteiger partial charge in [0.2, 0.25) is 59.1 Å². The van der Waals surface area contributed by atoms with Crippen LogP contribution in [0, 0.1) is 0 Å². The number of phenolic OH excluding ortho intramolecular Hbond substituents is 1. The topological polar surface area (TPSA) is 404 Å². The largest absolute Gasteiger partial charge is 0.508 e. The number of carboxylic acid groups (broad SMARTS) is 1. The summed E-state index contributed by atoms with van der Waals surface area (Å²) in [7, 11) is 0. The van der Waals surface area contributed by atoms with E-state index in [4.69, 9.17) is 11.5 Å². The first-order chi connectivity index (χ1) is 35.8. The van der Waals surface area contributed by atoms with Crippen molar-refractivity contribution >= 4 is 75.9 Å². The van der Waals surface area contributed by atoms with Crippen LogP contribution in [0.1, 0.15) is 55.2 Å². The molecule has 4 aromatic rings. The number of nitrogens with zero attached hydrogens (tertiary/aromatic N) is 1. The smallest absolute Gasteiger partial charge is 0.305 e. The number of nitrogens with one attached hydrogen (secondary N) is 8. The van der Waals surface area contributed by atoms with E-state index in [1.165, 1.54) is 24.3 Å². The summed E-state index contributed by atoms with van der Waals surface area (Å²) in [6.45, 7) is -1.12. The van der Waals surface area contributed by atoms with E-state index in [1.807, 2.05) is 0 Å². The third-order valence-corrected chi connectivity index (χ3v) is 12.7. The fraction of sp³-hybridized carbons (Fsp3) is 0.380. The highest BCUT2D eigenvalue weighted by Gasteiger charge is 2.41. The van der Waals surface area contributed by atoms with Crippen LogP contribution in [0.4, 0.5) is 0 Å². The summed E-state index contributed by atoms with van der Waals surface area (Å²) < 4.78 is 0. The predicted molar refractivity (Wildman–Crippen MR) is 264 cm³/mol. The molecule has 398 valence electrons. The molecule has 0 radical (unpaired) electrons. The second-order valence-electron chi connectivity index (χ2n) is 18.2. The number of para-hydroxylation sites is 1. The summed E-state index contributed by atoms with van der Waals surface area (Å²) in [6, 6.07) is 9.22. The number of hydrogen-bond acceptors (Lipinski definition) is 13. The molecular weight excluding hydrogens is 979 g/mol. The third-order valence-electron chi connectivity index (χ3n) is 12.7. The molecule has 2 fully saturated rings. The summed E-state index contributed by atoms with van der Waals surface area (Å²) in [5, 5.41) is 48.1. The SMILES string of the molecule is NC(=O)C[C@H](NC(=O)[C@H](Cc1ccccc1)NC(=O)[C@@H]1CCC(=O)N1)C(=O)N[C@@H](Cc1ccc(O)cc1)C(=O)N[C@@H](CO)C(=O)N1CCC[C@H]1C(=O)N[C@@H](CC(=O)O)C(=O)N[C@@H](Cc1c[nH]c2ccccc12)C(N)=O. The number of primary amides is 2. The van der Waals surface area contributed by atoms with Gasteiger partial charge in [-0.25, -0.2) is 0 Å². The molecule has 25 heteroatoms. The quantitative estimate of drug-likeness (QED) is 0.0313. The number of nitrogens with two attached hydrogens (primary N) is 2. The Kier molecular flexibility index (Phi) is 19.0. The Morgan fingerprint density at radius 3 is 1.81 bits per heavy atom. The van der Waals surface area contributed by atoms with Crippen LogP contribution < -0.4 is 48.7 Å². The fourth-order valence-electron chi connectivity index (χ4n) is 8.80. The second-order valence-corrected chi connectivity index (χ2v) is 18.2. The number of amides is 10. The number of carbonyl (C=O) groups is 11. The molecule has 75 heavy (non-hydrogen) atoms. The number of carboxylic acids is 1. The molecule has 2 aliphatic heterocycles. The minimum Gasteiger partial charge on any atom is -0.508 e. The lowest BCUT2D eigenvalue weighted by atomic mass is 10.0. The number of benzene rings is 3. The number of fused-ring (bicyclic) bond motifs is 1. The van der Waals surface area contributed by atoms with Crippen molar-refractivity contribution in [3.8, 4) is 5.75 Å². The molecule has 2 saturated heterocycles. The van der Waals surface area contributed by atoms with Gasteiger partial charge in [0.1, 0.15) is 54.1 Å². The van der Waals surface area contributed by atoms with Crippen molar-refractivity contribution in [2.24, 2.45) is 11.5 Å². The number of rotatable bonds is 25. The normalized spacial score (nSPS) is 17.5. The molecule has 3 heterocycles. The van der Waals surface area contributed by atoms with Gasteiger partial charge in [0.25, 0.3) is 0 Å². The maximum Gasteiger partial charge on any atom is 0.305 e. The van der Waals surface area contributed by atoms with E-state index in [-0.39, 0.29) is 63.1 Å². The number of hydrogen-bond donors (Lipinski definition) is 13. The number of likely N-dealkylation sites (tertiary alicyclic amines) is 1. The summed E-state index contributed by atoms with van der Waals surface area (Å²) in [4.78, 5) is 150. The Morgan fingerprint density at radius 1 is 0.640 bits per heavy atom. The van der Waals surface area contributed by atoms with Crippen LogP contribution in [0.25, 0.3) is 10.9 Å². The van der Waals surface area contributed by atoms with Gasteiger partial charge >= 0.3 is 5.97 Å². The van der Waals surface area contributed by atoms with E-state index < -0.39 is 127 Å². The number of carbonyl (C=O) groups excluding carboxylic acids is 10.